The van der Waals surface area contributed by atoms with E-state index in [-0.39, 0.29) is 0 Å². The molecule has 0 aliphatic heterocycles. The van der Waals surface area contributed by atoms with Crippen molar-refractivity contribution in [1.82, 2.24) is 9.97 Å². The largest absolute Gasteiger partial charge is 0.369 e. The standard InChI is InChI=1S/C13H12Br2ClN3/c1-2-5-17-13-10(15)7-18-12(19-13)9-4-3-8(14)6-11(9)16/h3-4,6-7H,2,5H2,1H3,(H,17,18,19). The summed E-state index contributed by atoms with van der Waals surface area (Å²) in [5, 5.41) is 3.88. The van der Waals surface area contributed by atoms with Gasteiger partial charge in [-0.1, -0.05) is 34.5 Å². The predicted octanol–water partition coefficient (Wildman–Crippen LogP) is 5.14. The Bertz CT molecular complexity index is 590. The van der Waals surface area contributed by atoms with E-state index in [0.29, 0.717) is 10.8 Å². The second kappa shape index (κ2) is 6.68. The molecule has 0 bridgehead atoms. The molecule has 19 heavy (non-hydrogen) atoms. The summed E-state index contributed by atoms with van der Waals surface area (Å²) in [6.07, 6.45) is 2.77. The SMILES string of the molecule is CCCNc1nc(-c2ccc(Br)cc2Cl)ncc1Br. The summed E-state index contributed by atoms with van der Waals surface area (Å²) in [6.45, 7) is 2.97. The van der Waals surface area contributed by atoms with Crippen LogP contribution in [0.3, 0.4) is 0 Å². The van der Waals surface area contributed by atoms with Crippen LogP contribution in [0, 0.1) is 0 Å². The normalized spacial score (nSPS) is 10.5. The summed E-state index contributed by atoms with van der Waals surface area (Å²) < 4.78 is 1.78. The lowest BCUT2D eigenvalue weighted by Gasteiger charge is -2.09. The van der Waals surface area contributed by atoms with E-state index in [2.05, 4.69) is 54.1 Å². The van der Waals surface area contributed by atoms with Crippen LogP contribution in [-0.2, 0) is 0 Å². The molecule has 2 rings (SSSR count). The number of halogens is 3. The molecule has 0 spiro atoms. The van der Waals surface area contributed by atoms with E-state index >= 15 is 0 Å². The zero-order chi connectivity index (χ0) is 13.8. The third-order valence-corrected chi connectivity index (χ3v) is 3.84. The second-order valence-electron chi connectivity index (χ2n) is 3.94. The summed E-state index contributed by atoms with van der Waals surface area (Å²) >= 11 is 13.0. The van der Waals surface area contributed by atoms with E-state index in [0.717, 1.165) is 33.3 Å². The summed E-state index contributed by atoms with van der Waals surface area (Å²) in [7, 11) is 0. The summed E-state index contributed by atoms with van der Waals surface area (Å²) in [6, 6.07) is 5.66. The summed E-state index contributed by atoms with van der Waals surface area (Å²) in [4.78, 5) is 8.81. The van der Waals surface area contributed by atoms with E-state index in [1.165, 1.54) is 0 Å². The van der Waals surface area contributed by atoms with Crippen LogP contribution in [-0.4, -0.2) is 16.5 Å². The number of nitrogens with zero attached hydrogens (tertiary/aromatic N) is 2. The third kappa shape index (κ3) is 3.68. The predicted molar refractivity (Wildman–Crippen MR) is 86.7 cm³/mol. The van der Waals surface area contributed by atoms with Crippen molar-refractivity contribution in [1.29, 1.82) is 0 Å². The number of benzene rings is 1. The number of anilines is 1. The van der Waals surface area contributed by atoms with Crippen LogP contribution >= 0.6 is 43.5 Å². The van der Waals surface area contributed by atoms with Gasteiger partial charge in [0.2, 0.25) is 0 Å². The molecule has 1 aromatic heterocycles. The Kier molecular flexibility index (Phi) is 5.19. The lowest BCUT2D eigenvalue weighted by molar-refractivity contribution is 0.963. The Morgan fingerprint density at radius 2 is 2.11 bits per heavy atom. The van der Waals surface area contributed by atoms with Crippen LogP contribution in [0.4, 0.5) is 5.82 Å². The van der Waals surface area contributed by atoms with Crippen LogP contribution in [0.5, 0.6) is 0 Å². The van der Waals surface area contributed by atoms with Crippen LogP contribution < -0.4 is 5.32 Å². The van der Waals surface area contributed by atoms with E-state index in [4.69, 9.17) is 11.6 Å². The van der Waals surface area contributed by atoms with Gasteiger partial charge in [0.05, 0.1) is 9.50 Å². The molecule has 0 amide bonds. The van der Waals surface area contributed by atoms with Crippen molar-refractivity contribution in [3.63, 3.8) is 0 Å². The van der Waals surface area contributed by atoms with E-state index in [1.54, 1.807) is 6.20 Å². The molecule has 1 N–H and O–H groups in total. The molecule has 2 aromatic rings. The Labute approximate surface area is 134 Å². The number of nitrogens with one attached hydrogen (secondary N) is 1. The molecule has 0 saturated carbocycles. The molecule has 0 fully saturated rings. The Morgan fingerprint density at radius 1 is 1.32 bits per heavy atom. The lowest BCUT2D eigenvalue weighted by atomic mass is 10.2. The highest BCUT2D eigenvalue weighted by atomic mass is 79.9. The van der Waals surface area contributed by atoms with Crippen LogP contribution in [0.1, 0.15) is 13.3 Å². The smallest absolute Gasteiger partial charge is 0.163 e. The first-order chi connectivity index (χ1) is 9.11. The Balaban J connectivity index is 2.39. The first-order valence-electron chi connectivity index (χ1n) is 5.83. The highest BCUT2D eigenvalue weighted by Crippen LogP contribution is 2.30. The number of aromatic nitrogens is 2. The quantitative estimate of drug-likeness (QED) is 0.765. The van der Waals surface area contributed by atoms with Gasteiger partial charge in [0.15, 0.2) is 5.82 Å². The maximum atomic E-state index is 6.22. The minimum atomic E-state index is 0.610. The highest BCUT2D eigenvalue weighted by Gasteiger charge is 2.10. The molecular formula is C13H12Br2ClN3. The fourth-order valence-corrected chi connectivity index (χ4v) is 2.62. The zero-order valence-electron chi connectivity index (χ0n) is 10.3. The molecule has 0 atom stereocenters. The van der Waals surface area contributed by atoms with Crippen molar-refractivity contribution in [2.75, 3.05) is 11.9 Å². The van der Waals surface area contributed by atoms with Crippen LogP contribution in [0.2, 0.25) is 5.02 Å². The maximum Gasteiger partial charge on any atom is 0.163 e. The van der Waals surface area contributed by atoms with Crippen molar-refractivity contribution in [2.45, 2.75) is 13.3 Å². The fourth-order valence-electron chi connectivity index (χ4n) is 1.54. The minimum Gasteiger partial charge on any atom is -0.369 e. The first-order valence-corrected chi connectivity index (χ1v) is 7.80. The van der Waals surface area contributed by atoms with Crippen LogP contribution in [0.15, 0.2) is 33.3 Å². The summed E-state index contributed by atoms with van der Waals surface area (Å²) in [5.74, 6) is 1.39. The molecule has 3 nitrogen and oxygen atoms in total. The minimum absolute atomic E-state index is 0.610. The summed E-state index contributed by atoms with van der Waals surface area (Å²) in [5.41, 5.74) is 0.817. The van der Waals surface area contributed by atoms with E-state index in [1.807, 2.05) is 18.2 Å². The number of hydrogen-bond donors (Lipinski definition) is 1. The van der Waals surface area contributed by atoms with Crippen LogP contribution in [0.25, 0.3) is 11.4 Å². The van der Waals surface area contributed by atoms with Gasteiger partial charge in [0, 0.05) is 22.8 Å². The van der Waals surface area contributed by atoms with Crippen molar-refractivity contribution in [2.24, 2.45) is 0 Å². The topological polar surface area (TPSA) is 37.8 Å². The number of hydrogen-bond acceptors (Lipinski definition) is 3. The average molecular weight is 406 g/mol. The van der Waals surface area contributed by atoms with Gasteiger partial charge in [-0.2, -0.15) is 0 Å². The third-order valence-electron chi connectivity index (χ3n) is 2.46. The maximum absolute atomic E-state index is 6.22. The molecule has 0 radical (unpaired) electrons. The highest BCUT2D eigenvalue weighted by molar-refractivity contribution is 9.10. The molecule has 0 unspecified atom stereocenters. The van der Waals surface area contributed by atoms with Gasteiger partial charge in [0.1, 0.15) is 5.82 Å². The monoisotopic (exact) mass is 403 g/mol. The molecule has 6 heteroatoms. The van der Waals surface area contributed by atoms with Crippen molar-refractivity contribution < 1.29 is 0 Å². The molecular weight excluding hydrogens is 393 g/mol. The van der Waals surface area contributed by atoms with Crippen molar-refractivity contribution in [3.05, 3.63) is 38.4 Å². The van der Waals surface area contributed by atoms with E-state index < -0.39 is 0 Å². The average Bonchev–Trinajstić information content (AvgIpc) is 2.38. The Hall–Kier alpha value is -0.650. The molecule has 0 aliphatic rings. The van der Waals surface area contributed by atoms with Crippen molar-refractivity contribution in [3.8, 4) is 11.4 Å². The zero-order valence-corrected chi connectivity index (χ0v) is 14.2. The van der Waals surface area contributed by atoms with Gasteiger partial charge in [-0.3, -0.25) is 0 Å². The molecule has 1 heterocycles. The van der Waals surface area contributed by atoms with Gasteiger partial charge in [-0.15, -0.1) is 0 Å². The molecule has 0 saturated heterocycles. The van der Waals surface area contributed by atoms with Gasteiger partial charge in [0.25, 0.3) is 0 Å². The number of rotatable bonds is 4. The molecule has 1 aromatic carbocycles. The van der Waals surface area contributed by atoms with Gasteiger partial charge in [-0.05, 0) is 40.5 Å². The van der Waals surface area contributed by atoms with Gasteiger partial charge >= 0.3 is 0 Å². The second-order valence-corrected chi connectivity index (χ2v) is 6.12. The molecule has 100 valence electrons. The first kappa shape index (κ1) is 14.8. The molecule has 0 aliphatic carbocycles. The van der Waals surface area contributed by atoms with Gasteiger partial charge in [-0.25, -0.2) is 9.97 Å². The van der Waals surface area contributed by atoms with Gasteiger partial charge < -0.3 is 5.32 Å². The Morgan fingerprint density at radius 3 is 2.79 bits per heavy atom. The lowest BCUT2D eigenvalue weighted by Crippen LogP contribution is -2.04. The van der Waals surface area contributed by atoms with Crippen molar-refractivity contribution >= 4 is 49.3 Å². The fraction of sp³-hybridized carbons (Fsp3) is 0.231. The van der Waals surface area contributed by atoms with E-state index in [9.17, 15) is 0 Å².